The van der Waals surface area contributed by atoms with Crippen molar-refractivity contribution in [2.75, 3.05) is 7.11 Å². The fourth-order valence-electron chi connectivity index (χ4n) is 1.81. The van der Waals surface area contributed by atoms with Gasteiger partial charge in [-0.1, -0.05) is 6.07 Å². The molecule has 1 aromatic carbocycles. The molecule has 20 heavy (non-hydrogen) atoms. The van der Waals surface area contributed by atoms with E-state index in [9.17, 15) is 0 Å². The van der Waals surface area contributed by atoms with E-state index in [2.05, 4.69) is 15.3 Å². The van der Waals surface area contributed by atoms with Crippen LogP contribution in [0.5, 0.6) is 5.75 Å². The van der Waals surface area contributed by atoms with E-state index in [4.69, 9.17) is 4.74 Å². The van der Waals surface area contributed by atoms with E-state index in [0.29, 0.717) is 6.04 Å². The van der Waals surface area contributed by atoms with Crippen LogP contribution in [0.25, 0.3) is 0 Å². The predicted molar refractivity (Wildman–Crippen MR) is 79.0 cm³/mol. The molecule has 0 spiro atoms. The lowest BCUT2D eigenvalue weighted by molar-refractivity contribution is 0.413. The van der Waals surface area contributed by atoms with Crippen molar-refractivity contribution in [3.8, 4) is 5.75 Å². The highest BCUT2D eigenvalue weighted by Crippen LogP contribution is 2.27. The average Bonchev–Trinajstić information content (AvgIpc) is 3.31. The highest BCUT2D eigenvalue weighted by Gasteiger charge is 2.19. The lowest BCUT2D eigenvalue weighted by atomic mass is 10.3. The van der Waals surface area contributed by atoms with E-state index in [1.165, 1.54) is 24.6 Å². The number of benzene rings is 1. The van der Waals surface area contributed by atoms with E-state index < -0.39 is 0 Å². The number of aromatic nitrogens is 2. The van der Waals surface area contributed by atoms with E-state index in [-0.39, 0.29) is 0 Å². The first kappa shape index (κ1) is 13.4. The van der Waals surface area contributed by atoms with Gasteiger partial charge in [0.25, 0.3) is 0 Å². The van der Waals surface area contributed by atoms with Crippen molar-refractivity contribution in [1.82, 2.24) is 15.3 Å². The second-order valence-electron chi connectivity index (χ2n) is 4.81. The van der Waals surface area contributed by atoms with Gasteiger partial charge in [0.05, 0.1) is 7.11 Å². The molecule has 0 bridgehead atoms. The van der Waals surface area contributed by atoms with Crippen LogP contribution in [0.3, 0.4) is 0 Å². The summed E-state index contributed by atoms with van der Waals surface area (Å²) in [6, 6.07) is 8.61. The van der Waals surface area contributed by atoms with Gasteiger partial charge in [-0.15, -0.1) is 0 Å². The molecular weight excluding hydrogens is 270 g/mol. The fraction of sp³-hybridized carbons (Fsp3) is 0.333. The van der Waals surface area contributed by atoms with Gasteiger partial charge in [-0.25, -0.2) is 9.97 Å². The van der Waals surface area contributed by atoms with Gasteiger partial charge in [-0.3, -0.25) is 0 Å². The Hall–Kier alpha value is -1.59. The van der Waals surface area contributed by atoms with Gasteiger partial charge >= 0.3 is 0 Å². The molecule has 1 N–H and O–H groups in total. The van der Waals surface area contributed by atoms with Gasteiger partial charge in [0, 0.05) is 35.4 Å². The van der Waals surface area contributed by atoms with Gasteiger partial charge in [0.1, 0.15) is 5.75 Å². The van der Waals surface area contributed by atoms with Crippen molar-refractivity contribution in [2.45, 2.75) is 35.5 Å². The molecule has 1 aliphatic rings. The third kappa shape index (κ3) is 3.71. The van der Waals surface area contributed by atoms with Crippen LogP contribution >= 0.6 is 11.8 Å². The molecule has 0 atom stereocenters. The van der Waals surface area contributed by atoms with Gasteiger partial charge in [-0.2, -0.15) is 0 Å². The van der Waals surface area contributed by atoms with E-state index in [0.717, 1.165) is 27.9 Å². The number of ether oxygens (including phenoxy) is 1. The first-order valence-electron chi connectivity index (χ1n) is 6.70. The molecule has 1 aromatic heterocycles. The van der Waals surface area contributed by atoms with Gasteiger partial charge in [-0.05, 0) is 42.8 Å². The van der Waals surface area contributed by atoms with Gasteiger partial charge in [0.15, 0.2) is 5.16 Å². The second-order valence-corrected chi connectivity index (χ2v) is 5.85. The molecule has 104 valence electrons. The van der Waals surface area contributed by atoms with E-state index in [1.54, 1.807) is 7.11 Å². The molecular formula is C15H17N3OS. The molecule has 0 saturated heterocycles. The molecule has 1 aliphatic carbocycles. The summed E-state index contributed by atoms with van der Waals surface area (Å²) in [6.07, 6.45) is 6.38. The van der Waals surface area contributed by atoms with Crippen molar-refractivity contribution in [2.24, 2.45) is 0 Å². The number of hydrogen-bond donors (Lipinski definition) is 1. The maximum Gasteiger partial charge on any atom is 0.192 e. The smallest absolute Gasteiger partial charge is 0.192 e. The predicted octanol–water partition coefficient (Wildman–Crippen LogP) is 2.89. The van der Waals surface area contributed by atoms with Crippen LogP contribution < -0.4 is 10.1 Å². The molecule has 0 radical (unpaired) electrons. The van der Waals surface area contributed by atoms with Crippen LogP contribution in [-0.2, 0) is 6.54 Å². The summed E-state index contributed by atoms with van der Waals surface area (Å²) in [5.41, 5.74) is 1.13. The summed E-state index contributed by atoms with van der Waals surface area (Å²) >= 11 is 1.54. The molecule has 5 heteroatoms. The topological polar surface area (TPSA) is 47.0 Å². The summed E-state index contributed by atoms with van der Waals surface area (Å²) < 4.78 is 5.21. The number of hydrogen-bond acceptors (Lipinski definition) is 5. The lowest BCUT2D eigenvalue weighted by Crippen LogP contribution is -2.15. The standard InChI is InChI=1S/C15H17N3OS/c1-19-13-3-2-4-14(7-13)20-15-17-9-11(10-18-15)8-16-12-5-6-12/h2-4,7,9-10,12,16H,5-6,8H2,1H3. The Kier molecular flexibility index (Phi) is 4.18. The van der Waals surface area contributed by atoms with Crippen molar-refractivity contribution >= 4 is 11.8 Å². The Morgan fingerprint density at radius 2 is 2.10 bits per heavy atom. The molecule has 1 heterocycles. The Morgan fingerprint density at radius 1 is 1.30 bits per heavy atom. The molecule has 1 fully saturated rings. The summed E-state index contributed by atoms with van der Waals surface area (Å²) in [5, 5.41) is 4.21. The summed E-state index contributed by atoms with van der Waals surface area (Å²) in [4.78, 5) is 9.87. The number of methoxy groups -OCH3 is 1. The number of nitrogens with zero attached hydrogens (tertiary/aromatic N) is 2. The Morgan fingerprint density at radius 3 is 2.80 bits per heavy atom. The molecule has 0 unspecified atom stereocenters. The van der Waals surface area contributed by atoms with Gasteiger partial charge in [0.2, 0.25) is 0 Å². The van der Waals surface area contributed by atoms with E-state index in [1.807, 2.05) is 36.7 Å². The summed E-state index contributed by atoms with van der Waals surface area (Å²) in [5.74, 6) is 0.847. The minimum Gasteiger partial charge on any atom is -0.497 e. The Balaban J connectivity index is 1.61. The van der Waals surface area contributed by atoms with Gasteiger partial charge < -0.3 is 10.1 Å². The zero-order chi connectivity index (χ0) is 13.8. The van der Waals surface area contributed by atoms with E-state index >= 15 is 0 Å². The fourth-order valence-corrected chi connectivity index (χ4v) is 2.55. The van der Waals surface area contributed by atoms with Crippen molar-refractivity contribution in [1.29, 1.82) is 0 Å². The quantitative estimate of drug-likeness (QED) is 0.828. The highest BCUT2D eigenvalue weighted by atomic mass is 32.2. The molecule has 2 aromatic rings. The normalized spacial score (nSPS) is 14.2. The summed E-state index contributed by atoms with van der Waals surface area (Å²) in [6.45, 7) is 0.856. The van der Waals surface area contributed by atoms with Crippen LogP contribution in [0, 0.1) is 0 Å². The zero-order valence-corrected chi connectivity index (χ0v) is 12.2. The summed E-state index contributed by atoms with van der Waals surface area (Å²) in [7, 11) is 1.67. The van der Waals surface area contributed by atoms with Crippen molar-refractivity contribution < 1.29 is 4.74 Å². The molecule has 4 nitrogen and oxygen atoms in total. The van der Waals surface area contributed by atoms with Crippen molar-refractivity contribution in [3.05, 3.63) is 42.2 Å². The first-order chi connectivity index (χ1) is 9.83. The highest BCUT2D eigenvalue weighted by molar-refractivity contribution is 7.99. The third-order valence-corrected chi connectivity index (χ3v) is 3.99. The second kappa shape index (κ2) is 6.24. The largest absolute Gasteiger partial charge is 0.497 e. The molecule has 1 saturated carbocycles. The maximum absolute atomic E-state index is 5.21. The first-order valence-corrected chi connectivity index (χ1v) is 7.51. The number of rotatable bonds is 6. The van der Waals surface area contributed by atoms with Crippen LogP contribution in [0.4, 0.5) is 0 Å². The minimum absolute atomic E-state index is 0.709. The lowest BCUT2D eigenvalue weighted by Gasteiger charge is -2.05. The van der Waals surface area contributed by atoms with Crippen LogP contribution in [-0.4, -0.2) is 23.1 Å². The van der Waals surface area contributed by atoms with Crippen LogP contribution in [0.2, 0.25) is 0 Å². The van der Waals surface area contributed by atoms with Crippen LogP contribution in [0.15, 0.2) is 46.7 Å². The molecule has 3 rings (SSSR count). The molecule has 0 amide bonds. The third-order valence-electron chi connectivity index (χ3n) is 3.10. The van der Waals surface area contributed by atoms with Crippen LogP contribution in [0.1, 0.15) is 18.4 Å². The average molecular weight is 287 g/mol. The van der Waals surface area contributed by atoms with Crippen molar-refractivity contribution in [3.63, 3.8) is 0 Å². The Labute approximate surface area is 123 Å². The maximum atomic E-state index is 5.21. The SMILES string of the molecule is COc1cccc(Sc2ncc(CNC3CC3)cn2)c1. The number of nitrogens with one attached hydrogen (secondary N) is 1. The Bertz CT molecular complexity index is 570. The molecule has 0 aliphatic heterocycles. The minimum atomic E-state index is 0.709. The monoisotopic (exact) mass is 287 g/mol. The zero-order valence-electron chi connectivity index (χ0n) is 11.4.